The molecule has 0 aliphatic heterocycles. The molecule has 0 aromatic carbocycles. The number of carbonyl (C=O) groups is 1. The van der Waals surface area contributed by atoms with Crippen LogP contribution in [0.1, 0.15) is 37.7 Å². The SMILES string of the molecule is COC(=O)c1csc(NCCC(CO[Si](C)(C)C(C)(C)C)OC)n1. The summed E-state index contributed by atoms with van der Waals surface area (Å²) < 4.78 is 16.4. The Labute approximate surface area is 150 Å². The van der Waals surface area contributed by atoms with Crippen molar-refractivity contribution in [2.24, 2.45) is 0 Å². The van der Waals surface area contributed by atoms with Crippen molar-refractivity contribution in [3.05, 3.63) is 11.1 Å². The van der Waals surface area contributed by atoms with Crippen LogP contribution < -0.4 is 5.32 Å². The van der Waals surface area contributed by atoms with Crippen LogP contribution in [0.15, 0.2) is 5.38 Å². The first-order valence-corrected chi connectivity index (χ1v) is 11.8. The summed E-state index contributed by atoms with van der Waals surface area (Å²) in [6, 6.07) is 0. The molecule has 0 saturated carbocycles. The van der Waals surface area contributed by atoms with Crippen molar-refractivity contribution in [1.82, 2.24) is 4.98 Å². The average molecular weight is 375 g/mol. The highest BCUT2D eigenvalue weighted by molar-refractivity contribution is 7.13. The van der Waals surface area contributed by atoms with E-state index in [1.807, 2.05) is 0 Å². The zero-order valence-corrected chi connectivity index (χ0v) is 17.6. The van der Waals surface area contributed by atoms with E-state index < -0.39 is 14.3 Å². The predicted octanol–water partition coefficient (Wildman–Crippen LogP) is 3.77. The van der Waals surface area contributed by atoms with Gasteiger partial charge in [0.15, 0.2) is 19.1 Å². The molecule has 0 radical (unpaired) electrons. The largest absolute Gasteiger partial charge is 0.464 e. The molecule has 1 unspecified atom stereocenters. The quantitative estimate of drug-likeness (QED) is 0.524. The number of nitrogens with zero attached hydrogens (tertiary/aromatic N) is 1. The van der Waals surface area contributed by atoms with Gasteiger partial charge in [0.25, 0.3) is 0 Å². The van der Waals surface area contributed by atoms with Gasteiger partial charge >= 0.3 is 5.97 Å². The lowest BCUT2D eigenvalue weighted by Crippen LogP contribution is -2.43. The Morgan fingerprint density at radius 3 is 2.58 bits per heavy atom. The zero-order chi connectivity index (χ0) is 18.4. The number of aromatic nitrogens is 1. The molecule has 1 rings (SSSR count). The summed E-state index contributed by atoms with van der Waals surface area (Å²) in [7, 11) is 1.29. The number of nitrogens with one attached hydrogen (secondary N) is 1. The highest BCUT2D eigenvalue weighted by Gasteiger charge is 2.37. The first kappa shape index (κ1) is 21.1. The topological polar surface area (TPSA) is 69.7 Å². The maximum Gasteiger partial charge on any atom is 0.357 e. The van der Waals surface area contributed by atoms with E-state index in [1.54, 1.807) is 12.5 Å². The van der Waals surface area contributed by atoms with Crippen LogP contribution in [0.3, 0.4) is 0 Å². The fraction of sp³-hybridized carbons (Fsp3) is 0.750. The number of ether oxygens (including phenoxy) is 2. The number of hydrogen-bond acceptors (Lipinski definition) is 7. The van der Waals surface area contributed by atoms with Gasteiger partial charge in [0.05, 0.1) is 19.8 Å². The van der Waals surface area contributed by atoms with Gasteiger partial charge in [-0.2, -0.15) is 0 Å². The molecule has 6 nitrogen and oxygen atoms in total. The van der Waals surface area contributed by atoms with Crippen molar-refractivity contribution in [2.75, 3.05) is 32.7 Å². The van der Waals surface area contributed by atoms with E-state index in [2.05, 4.69) is 48.9 Å². The van der Waals surface area contributed by atoms with Crippen molar-refractivity contribution in [3.63, 3.8) is 0 Å². The van der Waals surface area contributed by atoms with E-state index >= 15 is 0 Å². The summed E-state index contributed by atoms with van der Waals surface area (Å²) in [4.78, 5) is 15.6. The minimum absolute atomic E-state index is 0.0339. The van der Waals surface area contributed by atoms with E-state index in [1.165, 1.54) is 18.4 Å². The Kier molecular flexibility index (Phi) is 7.85. The Bertz CT molecular complexity index is 528. The number of esters is 1. The van der Waals surface area contributed by atoms with Gasteiger partial charge in [-0.05, 0) is 24.6 Å². The van der Waals surface area contributed by atoms with Crippen LogP contribution in [0.2, 0.25) is 18.1 Å². The standard InChI is InChI=1S/C16H30N2O4SSi/c1-16(2,3)24(6,7)22-10-12(20-4)8-9-17-15-18-13(11-23-15)14(19)21-5/h11-12H,8-10H2,1-7H3,(H,17,18). The molecule has 1 atom stereocenters. The molecule has 1 aromatic rings. The second-order valence-electron chi connectivity index (χ2n) is 7.17. The average Bonchev–Trinajstić information content (AvgIpc) is 2.97. The Hall–Kier alpha value is -0.963. The number of carbonyl (C=O) groups excluding carboxylic acids is 1. The summed E-state index contributed by atoms with van der Waals surface area (Å²) in [5.41, 5.74) is 0.328. The molecule has 8 heteroatoms. The Morgan fingerprint density at radius 2 is 2.04 bits per heavy atom. The van der Waals surface area contributed by atoms with Crippen LogP contribution in [-0.2, 0) is 13.9 Å². The molecule has 0 saturated heterocycles. The predicted molar refractivity (Wildman–Crippen MR) is 101 cm³/mol. The van der Waals surface area contributed by atoms with Crippen LogP contribution >= 0.6 is 11.3 Å². The Morgan fingerprint density at radius 1 is 1.38 bits per heavy atom. The maximum absolute atomic E-state index is 11.4. The molecule has 0 spiro atoms. The number of hydrogen-bond donors (Lipinski definition) is 1. The van der Waals surface area contributed by atoms with Crippen LogP contribution in [0.25, 0.3) is 0 Å². The van der Waals surface area contributed by atoms with Gasteiger partial charge in [-0.15, -0.1) is 11.3 Å². The molecule has 24 heavy (non-hydrogen) atoms. The van der Waals surface area contributed by atoms with Crippen molar-refractivity contribution >= 4 is 30.8 Å². The Balaban J connectivity index is 2.42. The number of methoxy groups -OCH3 is 2. The van der Waals surface area contributed by atoms with Crippen LogP contribution in [0, 0.1) is 0 Å². The van der Waals surface area contributed by atoms with Gasteiger partial charge in [-0.3, -0.25) is 0 Å². The molecular formula is C16H30N2O4SSi. The van der Waals surface area contributed by atoms with Gasteiger partial charge in [0.2, 0.25) is 0 Å². The summed E-state index contributed by atoms with van der Waals surface area (Å²) in [6.07, 6.45) is 0.838. The lowest BCUT2D eigenvalue weighted by atomic mass is 10.2. The zero-order valence-electron chi connectivity index (χ0n) is 15.8. The van der Waals surface area contributed by atoms with Crippen LogP contribution in [0.4, 0.5) is 5.13 Å². The number of thiazole rings is 1. The lowest BCUT2D eigenvalue weighted by Gasteiger charge is -2.37. The van der Waals surface area contributed by atoms with E-state index in [0.717, 1.165) is 6.42 Å². The minimum Gasteiger partial charge on any atom is -0.464 e. The molecule has 138 valence electrons. The highest BCUT2D eigenvalue weighted by Crippen LogP contribution is 2.36. The van der Waals surface area contributed by atoms with E-state index in [9.17, 15) is 4.79 Å². The minimum atomic E-state index is -1.76. The molecule has 0 bridgehead atoms. The summed E-state index contributed by atoms with van der Waals surface area (Å²) in [5.74, 6) is -0.420. The molecule has 1 heterocycles. The van der Waals surface area contributed by atoms with Gasteiger partial charge < -0.3 is 19.2 Å². The van der Waals surface area contributed by atoms with Gasteiger partial charge in [-0.1, -0.05) is 20.8 Å². The number of rotatable bonds is 9. The fourth-order valence-electron chi connectivity index (χ4n) is 1.68. The highest BCUT2D eigenvalue weighted by atomic mass is 32.1. The molecule has 1 N–H and O–H groups in total. The van der Waals surface area contributed by atoms with Gasteiger partial charge in [-0.25, -0.2) is 9.78 Å². The molecular weight excluding hydrogens is 344 g/mol. The summed E-state index contributed by atoms with van der Waals surface area (Å²) in [5, 5.41) is 5.79. The van der Waals surface area contributed by atoms with Crippen molar-refractivity contribution < 1.29 is 18.7 Å². The lowest BCUT2D eigenvalue weighted by molar-refractivity contribution is 0.0497. The van der Waals surface area contributed by atoms with Crippen LogP contribution in [-0.4, -0.2) is 52.7 Å². The summed E-state index contributed by atoms with van der Waals surface area (Å²) in [6.45, 7) is 12.5. The molecule has 0 fully saturated rings. The van der Waals surface area contributed by atoms with E-state index in [4.69, 9.17) is 9.16 Å². The van der Waals surface area contributed by atoms with Gasteiger partial charge in [0, 0.05) is 19.0 Å². The third-order valence-corrected chi connectivity index (χ3v) is 9.71. The monoisotopic (exact) mass is 374 g/mol. The molecule has 1 aromatic heterocycles. The molecule has 0 amide bonds. The third-order valence-electron chi connectivity index (χ3n) is 4.41. The van der Waals surface area contributed by atoms with Crippen molar-refractivity contribution in [1.29, 1.82) is 0 Å². The number of anilines is 1. The fourth-order valence-corrected chi connectivity index (χ4v) is 3.42. The molecule has 0 aliphatic rings. The van der Waals surface area contributed by atoms with Crippen molar-refractivity contribution in [3.8, 4) is 0 Å². The third kappa shape index (κ3) is 6.16. The smallest absolute Gasteiger partial charge is 0.357 e. The first-order chi connectivity index (χ1) is 11.1. The van der Waals surface area contributed by atoms with Crippen LogP contribution in [0.5, 0.6) is 0 Å². The summed E-state index contributed by atoms with van der Waals surface area (Å²) >= 11 is 1.39. The van der Waals surface area contributed by atoms with Gasteiger partial charge in [0.1, 0.15) is 0 Å². The maximum atomic E-state index is 11.4. The van der Waals surface area contributed by atoms with Crippen molar-refractivity contribution in [2.45, 2.75) is 51.4 Å². The van der Waals surface area contributed by atoms with E-state index in [-0.39, 0.29) is 11.1 Å². The second kappa shape index (κ2) is 8.94. The first-order valence-electron chi connectivity index (χ1n) is 8.05. The molecule has 0 aliphatic carbocycles. The normalized spacial score (nSPS) is 13.6. The van der Waals surface area contributed by atoms with E-state index in [0.29, 0.717) is 24.0 Å². The second-order valence-corrected chi connectivity index (χ2v) is 12.8.